The van der Waals surface area contributed by atoms with Gasteiger partial charge in [0.1, 0.15) is 18.0 Å². The molecule has 3 rings (SSSR count). The molecule has 0 bridgehead atoms. The van der Waals surface area contributed by atoms with Crippen molar-refractivity contribution in [2.24, 2.45) is 0 Å². The molecule has 1 amide bonds. The molecular formula is C21H26N2O3. The molecule has 1 heterocycles. The maximum Gasteiger partial charge on any atom is 0.258 e. The first-order valence-corrected chi connectivity index (χ1v) is 8.91. The smallest absolute Gasteiger partial charge is 0.258 e. The fourth-order valence-electron chi connectivity index (χ4n) is 3.61. The number of carbonyl (C=O) groups excluding carboxylic acids is 1. The van der Waals surface area contributed by atoms with Crippen LogP contribution in [0.2, 0.25) is 0 Å². The van der Waals surface area contributed by atoms with E-state index < -0.39 is 5.66 Å². The zero-order chi connectivity index (χ0) is 18.7. The molecule has 138 valence electrons. The number of hydrogen-bond donors (Lipinski definition) is 1. The molecule has 0 spiro atoms. The van der Waals surface area contributed by atoms with Gasteiger partial charge in [-0.05, 0) is 39.0 Å². The maximum atomic E-state index is 13.2. The van der Waals surface area contributed by atoms with Crippen molar-refractivity contribution in [2.45, 2.75) is 32.5 Å². The third kappa shape index (κ3) is 3.15. The van der Waals surface area contributed by atoms with Gasteiger partial charge in [-0.3, -0.25) is 4.79 Å². The Morgan fingerprint density at radius 2 is 1.77 bits per heavy atom. The molecule has 0 saturated heterocycles. The van der Waals surface area contributed by atoms with Gasteiger partial charge in [0.05, 0.1) is 12.2 Å². The molecule has 2 aromatic carbocycles. The van der Waals surface area contributed by atoms with E-state index in [-0.39, 0.29) is 11.9 Å². The lowest BCUT2D eigenvalue weighted by Gasteiger charge is -2.49. The highest BCUT2D eigenvalue weighted by Crippen LogP contribution is 2.42. The molecule has 0 aliphatic carbocycles. The molecule has 5 heteroatoms. The Hall–Kier alpha value is -2.53. The van der Waals surface area contributed by atoms with Gasteiger partial charge >= 0.3 is 0 Å². The van der Waals surface area contributed by atoms with Gasteiger partial charge in [0.15, 0.2) is 0 Å². The molecule has 0 fully saturated rings. The Bertz CT molecular complexity index is 790. The number of fused-ring (bicyclic) bond motifs is 1. The fourth-order valence-corrected chi connectivity index (χ4v) is 3.61. The molecule has 1 unspecified atom stereocenters. The Morgan fingerprint density at radius 1 is 1.08 bits per heavy atom. The van der Waals surface area contributed by atoms with Crippen LogP contribution < -0.4 is 10.1 Å². The van der Waals surface area contributed by atoms with E-state index in [1.54, 1.807) is 7.11 Å². The Morgan fingerprint density at radius 3 is 2.50 bits per heavy atom. The molecule has 2 aromatic rings. The number of anilines is 1. The standard InChI is InChI=1S/C21H26N2O3/c1-15(2)23-20(24)16-9-5-7-11-18(16)22-21(23,3)17-10-6-8-12-19(17)26-14-13-25-4/h5-12,15,22H,13-14H2,1-4H3. The molecule has 26 heavy (non-hydrogen) atoms. The van der Waals surface area contributed by atoms with Gasteiger partial charge in [-0.1, -0.05) is 30.3 Å². The maximum absolute atomic E-state index is 13.2. The van der Waals surface area contributed by atoms with Crippen LogP contribution in [0, 0.1) is 0 Å². The second-order valence-corrected chi connectivity index (χ2v) is 6.85. The number of benzene rings is 2. The lowest BCUT2D eigenvalue weighted by Crippen LogP contribution is -2.58. The minimum atomic E-state index is -0.719. The van der Waals surface area contributed by atoms with Crippen LogP contribution in [0.1, 0.15) is 36.7 Å². The summed E-state index contributed by atoms with van der Waals surface area (Å²) in [7, 11) is 1.65. The molecule has 1 aliphatic heterocycles. The first kappa shape index (κ1) is 18.3. The molecule has 1 aliphatic rings. The molecule has 0 aromatic heterocycles. The summed E-state index contributed by atoms with van der Waals surface area (Å²) in [4.78, 5) is 15.1. The summed E-state index contributed by atoms with van der Waals surface area (Å²) >= 11 is 0. The van der Waals surface area contributed by atoms with Gasteiger partial charge in [0, 0.05) is 24.4 Å². The van der Waals surface area contributed by atoms with Crippen LogP contribution in [0.15, 0.2) is 48.5 Å². The molecule has 0 radical (unpaired) electrons. The number of carbonyl (C=O) groups is 1. The summed E-state index contributed by atoms with van der Waals surface area (Å²) in [5.74, 6) is 0.765. The predicted octanol–water partition coefficient (Wildman–Crippen LogP) is 3.86. The number of hydrogen-bond acceptors (Lipinski definition) is 4. The van der Waals surface area contributed by atoms with Crippen molar-refractivity contribution >= 4 is 11.6 Å². The Balaban J connectivity index is 2.09. The van der Waals surface area contributed by atoms with Crippen molar-refractivity contribution in [3.05, 3.63) is 59.7 Å². The highest BCUT2D eigenvalue weighted by Gasteiger charge is 2.45. The molecule has 5 nitrogen and oxygen atoms in total. The van der Waals surface area contributed by atoms with E-state index in [2.05, 4.69) is 5.32 Å². The second-order valence-electron chi connectivity index (χ2n) is 6.85. The van der Waals surface area contributed by atoms with Gasteiger partial charge in [0.2, 0.25) is 0 Å². The van der Waals surface area contributed by atoms with Crippen LogP contribution in [0.25, 0.3) is 0 Å². The zero-order valence-electron chi connectivity index (χ0n) is 15.8. The van der Waals surface area contributed by atoms with E-state index in [0.717, 1.165) is 17.0 Å². The van der Waals surface area contributed by atoms with E-state index >= 15 is 0 Å². The number of amides is 1. The number of nitrogens with one attached hydrogen (secondary N) is 1. The average Bonchev–Trinajstić information content (AvgIpc) is 2.62. The minimum Gasteiger partial charge on any atom is -0.491 e. The third-order valence-electron chi connectivity index (χ3n) is 4.71. The van der Waals surface area contributed by atoms with Crippen LogP contribution in [0.5, 0.6) is 5.75 Å². The van der Waals surface area contributed by atoms with Crippen molar-refractivity contribution in [1.29, 1.82) is 0 Å². The molecule has 0 saturated carbocycles. The Labute approximate surface area is 154 Å². The number of ether oxygens (including phenoxy) is 2. The number of methoxy groups -OCH3 is 1. The van der Waals surface area contributed by atoms with E-state index in [0.29, 0.717) is 18.8 Å². The van der Waals surface area contributed by atoms with E-state index in [4.69, 9.17) is 9.47 Å². The number of rotatable bonds is 6. The summed E-state index contributed by atoms with van der Waals surface area (Å²) in [5, 5.41) is 3.58. The topological polar surface area (TPSA) is 50.8 Å². The first-order valence-electron chi connectivity index (χ1n) is 8.91. The van der Waals surface area contributed by atoms with E-state index in [1.165, 1.54) is 0 Å². The van der Waals surface area contributed by atoms with Crippen molar-refractivity contribution in [2.75, 3.05) is 25.6 Å². The molecule has 1 N–H and O–H groups in total. The van der Waals surface area contributed by atoms with Crippen molar-refractivity contribution in [3.8, 4) is 5.75 Å². The zero-order valence-corrected chi connectivity index (χ0v) is 15.8. The number of nitrogens with zero attached hydrogens (tertiary/aromatic N) is 1. The van der Waals surface area contributed by atoms with Gasteiger partial charge < -0.3 is 19.7 Å². The normalized spacial score (nSPS) is 19.3. The molecular weight excluding hydrogens is 328 g/mol. The van der Waals surface area contributed by atoms with Crippen molar-refractivity contribution in [1.82, 2.24) is 4.90 Å². The predicted molar refractivity (Wildman–Crippen MR) is 103 cm³/mol. The van der Waals surface area contributed by atoms with Crippen LogP contribution in [-0.4, -0.2) is 37.2 Å². The minimum absolute atomic E-state index is 0.0142. The highest BCUT2D eigenvalue weighted by atomic mass is 16.5. The third-order valence-corrected chi connectivity index (χ3v) is 4.71. The van der Waals surface area contributed by atoms with Crippen LogP contribution >= 0.6 is 0 Å². The lowest BCUT2D eigenvalue weighted by atomic mass is 9.91. The van der Waals surface area contributed by atoms with Crippen molar-refractivity contribution < 1.29 is 14.3 Å². The average molecular weight is 354 g/mol. The summed E-state index contributed by atoms with van der Waals surface area (Å²) in [5.41, 5.74) is 1.73. The second kappa shape index (κ2) is 7.38. The number of para-hydroxylation sites is 2. The van der Waals surface area contributed by atoms with Crippen LogP contribution in [0.3, 0.4) is 0 Å². The van der Waals surface area contributed by atoms with E-state index in [1.807, 2.05) is 74.2 Å². The first-order chi connectivity index (χ1) is 12.5. The highest BCUT2D eigenvalue weighted by molar-refractivity contribution is 6.02. The SMILES string of the molecule is COCCOc1ccccc1C1(C)Nc2ccccc2C(=O)N1C(C)C. The van der Waals surface area contributed by atoms with Crippen molar-refractivity contribution in [3.63, 3.8) is 0 Å². The fraction of sp³-hybridized carbons (Fsp3) is 0.381. The van der Waals surface area contributed by atoms with Gasteiger partial charge in [-0.15, -0.1) is 0 Å². The summed E-state index contributed by atoms with van der Waals surface area (Å²) in [6.07, 6.45) is 0. The summed E-state index contributed by atoms with van der Waals surface area (Å²) in [6, 6.07) is 15.5. The largest absolute Gasteiger partial charge is 0.491 e. The van der Waals surface area contributed by atoms with Gasteiger partial charge in [0.25, 0.3) is 5.91 Å². The van der Waals surface area contributed by atoms with Crippen LogP contribution in [-0.2, 0) is 10.4 Å². The van der Waals surface area contributed by atoms with Gasteiger partial charge in [-0.2, -0.15) is 0 Å². The summed E-state index contributed by atoms with van der Waals surface area (Å²) < 4.78 is 11.0. The molecule has 1 atom stereocenters. The van der Waals surface area contributed by atoms with Gasteiger partial charge in [-0.25, -0.2) is 0 Å². The van der Waals surface area contributed by atoms with Crippen LogP contribution in [0.4, 0.5) is 5.69 Å². The van der Waals surface area contributed by atoms with E-state index in [9.17, 15) is 4.79 Å². The quantitative estimate of drug-likeness (QED) is 0.801. The summed E-state index contributed by atoms with van der Waals surface area (Å²) in [6.45, 7) is 7.05. The lowest BCUT2D eigenvalue weighted by molar-refractivity contribution is 0.0424. The monoisotopic (exact) mass is 354 g/mol. The Kier molecular flexibility index (Phi) is 5.18.